The van der Waals surface area contributed by atoms with Gasteiger partial charge in [0.1, 0.15) is 11.5 Å². The molecule has 0 saturated carbocycles. The molecule has 3 rings (SSSR count). The van der Waals surface area contributed by atoms with Crippen molar-refractivity contribution in [2.75, 3.05) is 11.9 Å². The van der Waals surface area contributed by atoms with Gasteiger partial charge >= 0.3 is 12.3 Å². The van der Waals surface area contributed by atoms with E-state index in [4.69, 9.17) is 9.47 Å². The fourth-order valence-corrected chi connectivity index (χ4v) is 2.13. The number of pyridine rings is 1. The molecule has 0 aliphatic carbocycles. The molecular formula is C16H13F3N4O3. The molecular weight excluding hydrogens is 353 g/mol. The Hall–Kier alpha value is -3.30. The number of alkyl halides is 3. The second-order valence-corrected chi connectivity index (χ2v) is 5.10. The summed E-state index contributed by atoms with van der Waals surface area (Å²) in [6, 6.07) is 6.01. The number of rotatable bonds is 4. The number of carbonyl (C=O) groups excluding carboxylic acids is 1. The van der Waals surface area contributed by atoms with Crippen molar-refractivity contribution in [3.8, 4) is 11.5 Å². The first-order valence-corrected chi connectivity index (χ1v) is 7.50. The molecule has 0 spiro atoms. The summed E-state index contributed by atoms with van der Waals surface area (Å²) in [6.07, 6.45) is -3.82. The normalized spacial score (nSPS) is 11.4. The topological polar surface area (TPSA) is 89.1 Å². The number of nitrogens with one attached hydrogen (secondary N) is 2. The highest BCUT2D eigenvalue weighted by molar-refractivity contribution is 5.85. The second-order valence-electron chi connectivity index (χ2n) is 5.10. The zero-order valence-electron chi connectivity index (χ0n) is 13.4. The van der Waals surface area contributed by atoms with Gasteiger partial charge in [-0.15, -0.1) is 0 Å². The molecule has 3 aromatic rings. The Bertz CT molecular complexity index is 940. The molecule has 2 heterocycles. The molecule has 10 heteroatoms. The summed E-state index contributed by atoms with van der Waals surface area (Å²) in [4.78, 5) is 22.3. The Labute approximate surface area is 145 Å². The van der Waals surface area contributed by atoms with Crippen molar-refractivity contribution >= 4 is 23.2 Å². The smallest absolute Gasteiger partial charge is 0.416 e. The van der Waals surface area contributed by atoms with Gasteiger partial charge in [0.05, 0.1) is 23.9 Å². The Morgan fingerprint density at radius 2 is 2.08 bits per heavy atom. The quantitative estimate of drug-likeness (QED) is 0.717. The van der Waals surface area contributed by atoms with E-state index in [2.05, 4.69) is 20.3 Å². The Morgan fingerprint density at radius 3 is 2.81 bits per heavy atom. The minimum Gasteiger partial charge on any atom is -0.456 e. The molecule has 1 amide bonds. The highest BCUT2D eigenvalue weighted by Crippen LogP contribution is 2.32. The van der Waals surface area contributed by atoms with E-state index in [1.165, 1.54) is 24.4 Å². The van der Waals surface area contributed by atoms with E-state index in [1.807, 2.05) is 0 Å². The number of ether oxygens (including phenoxy) is 2. The number of hydrogen-bond donors (Lipinski definition) is 2. The van der Waals surface area contributed by atoms with E-state index in [0.29, 0.717) is 11.2 Å². The number of aromatic nitrogens is 3. The van der Waals surface area contributed by atoms with Gasteiger partial charge in [-0.2, -0.15) is 18.2 Å². The largest absolute Gasteiger partial charge is 0.456 e. The van der Waals surface area contributed by atoms with Crippen LogP contribution in [0.1, 0.15) is 12.5 Å². The van der Waals surface area contributed by atoms with E-state index in [9.17, 15) is 18.0 Å². The summed E-state index contributed by atoms with van der Waals surface area (Å²) in [7, 11) is 0. The van der Waals surface area contributed by atoms with E-state index < -0.39 is 17.8 Å². The van der Waals surface area contributed by atoms with Crippen molar-refractivity contribution in [1.29, 1.82) is 0 Å². The molecule has 0 saturated heterocycles. The number of aromatic amines is 1. The first-order chi connectivity index (χ1) is 12.3. The maximum absolute atomic E-state index is 12.8. The molecule has 0 bridgehead atoms. The monoisotopic (exact) mass is 366 g/mol. The number of carbonyl (C=O) groups is 1. The molecule has 0 atom stereocenters. The highest BCUT2D eigenvalue weighted by Gasteiger charge is 2.30. The van der Waals surface area contributed by atoms with Crippen LogP contribution in [0.2, 0.25) is 0 Å². The van der Waals surface area contributed by atoms with Gasteiger partial charge < -0.3 is 14.5 Å². The summed E-state index contributed by atoms with van der Waals surface area (Å²) in [5.74, 6) is 0.357. The van der Waals surface area contributed by atoms with Crippen LogP contribution in [0.3, 0.4) is 0 Å². The molecule has 0 unspecified atom stereocenters. The van der Waals surface area contributed by atoms with Crippen LogP contribution in [0.5, 0.6) is 11.5 Å². The predicted molar refractivity (Wildman–Crippen MR) is 86.1 cm³/mol. The molecule has 0 fully saturated rings. The van der Waals surface area contributed by atoms with Gasteiger partial charge in [0, 0.05) is 6.07 Å². The van der Waals surface area contributed by atoms with Crippen molar-refractivity contribution in [2.45, 2.75) is 13.1 Å². The predicted octanol–water partition coefficient (Wildman–Crippen LogP) is 4.34. The van der Waals surface area contributed by atoms with Crippen LogP contribution in [0.15, 0.2) is 36.5 Å². The number of benzene rings is 1. The van der Waals surface area contributed by atoms with Crippen molar-refractivity contribution in [3.05, 3.63) is 42.1 Å². The number of imidazole rings is 1. The maximum atomic E-state index is 12.8. The van der Waals surface area contributed by atoms with Crippen molar-refractivity contribution in [3.63, 3.8) is 0 Å². The van der Waals surface area contributed by atoms with Crippen LogP contribution in [-0.2, 0) is 10.9 Å². The average Bonchev–Trinajstić information content (AvgIpc) is 2.96. The third-order valence-electron chi connectivity index (χ3n) is 3.21. The van der Waals surface area contributed by atoms with E-state index in [0.717, 1.165) is 12.1 Å². The summed E-state index contributed by atoms with van der Waals surface area (Å²) < 4.78 is 48.4. The van der Waals surface area contributed by atoms with Crippen LogP contribution in [0.25, 0.3) is 11.2 Å². The number of H-pyrrole nitrogens is 1. The zero-order chi connectivity index (χ0) is 18.7. The summed E-state index contributed by atoms with van der Waals surface area (Å²) >= 11 is 0. The van der Waals surface area contributed by atoms with Gasteiger partial charge in [0.25, 0.3) is 0 Å². The summed E-state index contributed by atoms with van der Waals surface area (Å²) in [5.41, 5.74) is -0.0824. The molecule has 7 nitrogen and oxygen atoms in total. The molecule has 26 heavy (non-hydrogen) atoms. The lowest BCUT2D eigenvalue weighted by Crippen LogP contribution is -2.14. The third-order valence-corrected chi connectivity index (χ3v) is 3.21. The van der Waals surface area contributed by atoms with Crippen molar-refractivity contribution < 1.29 is 27.4 Å². The molecule has 0 radical (unpaired) electrons. The van der Waals surface area contributed by atoms with Crippen LogP contribution in [0, 0.1) is 0 Å². The lowest BCUT2D eigenvalue weighted by Gasteiger charge is -2.09. The number of fused-ring (bicyclic) bond motifs is 1. The van der Waals surface area contributed by atoms with Crippen LogP contribution in [-0.4, -0.2) is 27.7 Å². The zero-order valence-corrected chi connectivity index (χ0v) is 13.4. The van der Waals surface area contributed by atoms with Gasteiger partial charge in [-0.25, -0.2) is 9.78 Å². The standard InChI is InChI=1S/C16H13F3N4O3/c1-2-25-15(24)23-14-21-12-7-11(8-20-13(12)22-14)26-10-5-3-4-9(6-10)16(17,18)19/h3-8H,2H2,1H3,(H2,20,21,22,23,24). The summed E-state index contributed by atoms with van der Waals surface area (Å²) in [6.45, 7) is 1.87. The van der Waals surface area contributed by atoms with Crippen LogP contribution in [0.4, 0.5) is 23.9 Å². The molecule has 2 N–H and O–H groups in total. The summed E-state index contributed by atoms with van der Waals surface area (Å²) in [5, 5.41) is 2.39. The Morgan fingerprint density at radius 1 is 1.27 bits per heavy atom. The van der Waals surface area contributed by atoms with Gasteiger partial charge in [-0.3, -0.25) is 5.32 Å². The SMILES string of the molecule is CCOC(=O)Nc1nc2ncc(Oc3cccc(C(F)(F)F)c3)cc2[nH]1. The fraction of sp³-hybridized carbons (Fsp3) is 0.188. The first-order valence-electron chi connectivity index (χ1n) is 7.50. The lowest BCUT2D eigenvalue weighted by atomic mass is 10.2. The number of halogens is 3. The Kier molecular flexibility index (Phi) is 4.65. The molecule has 0 aliphatic heterocycles. The van der Waals surface area contributed by atoms with Gasteiger partial charge in [-0.05, 0) is 25.1 Å². The van der Waals surface area contributed by atoms with Gasteiger partial charge in [0.15, 0.2) is 5.65 Å². The molecule has 136 valence electrons. The highest BCUT2D eigenvalue weighted by atomic mass is 19.4. The van der Waals surface area contributed by atoms with Crippen molar-refractivity contribution in [2.24, 2.45) is 0 Å². The minimum absolute atomic E-state index is 0.0189. The number of anilines is 1. The molecule has 2 aromatic heterocycles. The van der Waals surface area contributed by atoms with Gasteiger partial charge in [-0.1, -0.05) is 6.07 Å². The lowest BCUT2D eigenvalue weighted by molar-refractivity contribution is -0.137. The van der Waals surface area contributed by atoms with E-state index in [-0.39, 0.29) is 24.1 Å². The maximum Gasteiger partial charge on any atom is 0.416 e. The van der Waals surface area contributed by atoms with E-state index in [1.54, 1.807) is 6.92 Å². The fourth-order valence-electron chi connectivity index (χ4n) is 2.13. The third kappa shape index (κ3) is 4.02. The van der Waals surface area contributed by atoms with Crippen molar-refractivity contribution in [1.82, 2.24) is 15.0 Å². The first kappa shape index (κ1) is 17.5. The van der Waals surface area contributed by atoms with Gasteiger partial charge in [0.2, 0.25) is 5.95 Å². The van der Waals surface area contributed by atoms with Crippen LogP contribution < -0.4 is 10.1 Å². The minimum atomic E-state index is -4.46. The molecule has 1 aromatic carbocycles. The number of amides is 1. The molecule has 0 aliphatic rings. The second kappa shape index (κ2) is 6.90. The Balaban J connectivity index is 1.80. The van der Waals surface area contributed by atoms with Crippen LogP contribution >= 0.6 is 0 Å². The van der Waals surface area contributed by atoms with E-state index >= 15 is 0 Å². The average molecular weight is 366 g/mol. The number of nitrogens with zero attached hydrogens (tertiary/aromatic N) is 2. The number of hydrogen-bond acceptors (Lipinski definition) is 5.